The van der Waals surface area contributed by atoms with Crippen molar-refractivity contribution in [3.63, 3.8) is 0 Å². The van der Waals surface area contributed by atoms with Crippen molar-refractivity contribution in [3.05, 3.63) is 35.4 Å². The summed E-state index contributed by atoms with van der Waals surface area (Å²) in [4.78, 5) is 14.7. The van der Waals surface area contributed by atoms with E-state index >= 15 is 0 Å². The van der Waals surface area contributed by atoms with Crippen molar-refractivity contribution < 1.29 is 14.3 Å². The highest BCUT2D eigenvalue weighted by molar-refractivity contribution is 5.77. The highest BCUT2D eigenvalue weighted by Gasteiger charge is 2.29. The first-order chi connectivity index (χ1) is 12.4. The zero-order valence-corrected chi connectivity index (χ0v) is 16.7. The van der Waals surface area contributed by atoms with Gasteiger partial charge in [0.15, 0.2) is 0 Å². The second kappa shape index (κ2) is 10.0. The molecule has 1 aliphatic rings. The van der Waals surface area contributed by atoms with Crippen molar-refractivity contribution in [2.75, 3.05) is 39.5 Å². The van der Waals surface area contributed by atoms with Gasteiger partial charge in [-0.2, -0.15) is 0 Å². The Balaban J connectivity index is 1.85. The zero-order valence-electron chi connectivity index (χ0n) is 16.7. The summed E-state index contributed by atoms with van der Waals surface area (Å²) >= 11 is 0. The molecular weight excluding hydrogens is 328 g/mol. The van der Waals surface area contributed by atoms with Crippen LogP contribution in [0.15, 0.2) is 24.3 Å². The van der Waals surface area contributed by atoms with E-state index in [0.717, 1.165) is 26.1 Å². The van der Waals surface area contributed by atoms with E-state index < -0.39 is 0 Å². The van der Waals surface area contributed by atoms with E-state index in [1.165, 1.54) is 11.1 Å². The summed E-state index contributed by atoms with van der Waals surface area (Å²) < 4.78 is 10.6. The maximum atomic E-state index is 12.3. The lowest BCUT2D eigenvalue weighted by atomic mass is 9.85. The number of benzene rings is 1. The molecule has 0 fully saturated rings. The predicted octanol–water partition coefficient (Wildman–Crippen LogP) is 2.63. The van der Waals surface area contributed by atoms with E-state index in [9.17, 15) is 4.79 Å². The highest BCUT2D eigenvalue weighted by atomic mass is 16.5. The van der Waals surface area contributed by atoms with Gasteiger partial charge in [-0.25, -0.2) is 0 Å². The Hall–Kier alpha value is -1.43. The number of fused-ring (bicyclic) bond motifs is 1. The Bertz CT molecular complexity index is 569. The molecule has 5 heteroatoms. The van der Waals surface area contributed by atoms with Crippen molar-refractivity contribution in [1.29, 1.82) is 0 Å². The average molecular weight is 363 g/mol. The van der Waals surface area contributed by atoms with Crippen LogP contribution in [0.1, 0.15) is 38.8 Å². The molecule has 0 spiro atoms. The third-order valence-corrected chi connectivity index (χ3v) is 4.84. The van der Waals surface area contributed by atoms with Gasteiger partial charge in [0.25, 0.3) is 0 Å². The summed E-state index contributed by atoms with van der Waals surface area (Å²) in [6.07, 6.45) is 1.07. The number of nitrogens with zero attached hydrogens (tertiary/aromatic N) is 1. The lowest BCUT2D eigenvalue weighted by molar-refractivity contribution is -0.127. The highest BCUT2D eigenvalue weighted by Crippen LogP contribution is 2.24. The van der Waals surface area contributed by atoms with Gasteiger partial charge in [-0.1, -0.05) is 45.0 Å². The van der Waals surface area contributed by atoms with Crippen LogP contribution in [-0.4, -0.2) is 56.4 Å². The number of carbonyl (C=O) groups is 1. The van der Waals surface area contributed by atoms with Crippen LogP contribution in [0.25, 0.3) is 0 Å². The minimum Gasteiger partial charge on any atom is -0.379 e. The van der Waals surface area contributed by atoms with Crippen LogP contribution in [0, 0.1) is 5.41 Å². The lowest BCUT2D eigenvalue weighted by Gasteiger charge is -2.38. The minimum absolute atomic E-state index is 0.0159. The summed E-state index contributed by atoms with van der Waals surface area (Å²) in [5.41, 5.74) is 2.83. The molecule has 1 aromatic rings. The molecular formula is C21H34N2O3. The van der Waals surface area contributed by atoms with E-state index in [1.54, 1.807) is 0 Å². The van der Waals surface area contributed by atoms with Gasteiger partial charge in [0, 0.05) is 32.3 Å². The molecule has 0 saturated heterocycles. The summed E-state index contributed by atoms with van der Waals surface area (Å²) in [5.74, 6) is -0.0566. The second-order valence-electron chi connectivity index (χ2n) is 7.99. The monoisotopic (exact) mass is 362 g/mol. The molecule has 0 aromatic heterocycles. The fourth-order valence-corrected chi connectivity index (χ4v) is 3.17. The molecule has 0 saturated carbocycles. The van der Waals surface area contributed by atoms with Crippen LogP contribution in [0.2, 0.25) is 0 Å². The van der Waals surface area contributed by atoms with Crippen molar-refractivity contribution in [2.24, 2.45) is 5.41 Å². The zero-order chi connectivity index (χ0) is 19.0. The number of rotatable bonds is 9. The fourth-order valence-electron chi connectivity index (χ4n) is 3.17. The number of ether oxygens (including phenoxy) is 2. The Morgan fingerprint density at radius 1 is 1.19 bits per heavy atom. The van der Waals surface area contributed by atoms with Gasteiger partial charge >= 0.3 is 0 Å². The molecule has 146 valence electrons. The average Bonchev–Trinajstić information content (AvgIpc) is 2.60. The Morgan fingerprint density at radius 3 is 2.58 bits per heavy atom. The Kier molecular flexibility index (Phi) is 8.07. The third kappa shape index (κ3) is 6.71. The molecule has 26 heavy (non-hydrogen) atoms. The van der Waals surface area contributed by atoms with Crippen LogP contribution in [0.5, 0.6) is 0 Å². The maximum Gasteiger partial charge on any atom is 0.246 e. The minimum atomic E-state index is -0.0566. The van der Waals surface area contributed by atoms with E-state index in [1.807, 2.05) is 6.92 Å². The smallest absolute Gasteiger partial charge is 0.246 e. The largest absolute Gasteiger partial charge is 0.379 e. The number of amides is 1. The van der Waals surface area contributed by atoms with E-state index in [0.29, 0.717) is 19.8 Å². The molecule has 1 aromatic carbocycles. The molecule has 0 radical (unpaired) electrons. The Labute approximate surface area is 158 Å². The fraction of sp³-hybridized carbons (Fsp3) is 0.667. The molecule has 2 rings (SSSR count). The molecule has 1 heterocycles. The summed E-state index contributed by atoms with van der Waals surface area (Å²) in [6.45, 7) is 13.0. The molecule has 5 nitrogen and oxygen atoms in total. The molecule has 1 unspecified atom stereocenters. The number of nitrogens with one attached hydrogen (secondary N) is 1. The first kappa shape index (κ1) is 20.9. The van der Waals surface area contributed by atoms with Gasteiger partial charge in [-0.3, -0.25) is 9.69 Å². The van der Waals surface area contributed by atoms with Crippen LogP contribution < -0.4 is 5.32 Å². The summed E-state index contributed by atoms with van der Waals surface area (Å²) in [6, 6.07) is 8.72. The van der Waals surface area contributed by atoms with Crippen molar-refractivity contribution in [1.82, 2.24) is 10.2 Å². The van der Waals surface area contributed by atoms with Gasteiger partial charge in [-0.05, 0) is 29.9 Å². The van der Waals surface area contributed by atoms with Gasteiger partial charge < -0.3 is 14.8 Å². The first-order valence-electron chi connectivity index (χ1n) is 9.64. The molecule has 1 atom stereocenters. The van der Waals surface area contributed by atoms with E-state index in [4.69, 9.17) is 9.47 Å². The van der Waals surface area contributed by atoms with Crippen LogP contribution in [0.3, 0.4) is 0 Å². The van der Waals surface area contributed by atoms with Gasteiger partial charge in [0.1, 0.15) is 6.61 Å². The third-order valence-electron chi connectivity index (χ3n) is 4.84. The van der Waals surface area contributed by atoms with Crippen LogP contribution >= 0.6 is 0 Å². The van der Waals surface area contributed by atoms with Crippen LogP contribution in [0.4, 0.5) is 0 Å². The SMILES string of the molecule is CCOCCOCC(=O)NC(CN1CCc2ccccc2C1)C(C)(C)C. The Morgan fingerprint density at radius 2 is 1.88 bits per heavy atom. The van der Waals surface area contributed by atoms with Crippen molar-refractivity contribution in [2.45, 2.75) is 46.7 Å². The van der Waals surface area contributed by atoms with Gasteiger partial charge in [0.05, 0.1) is 13.2 Å². The number of carbonyl (C=O) groups excluding carboxylic acids is 1. The van der Waals surface area contributed by atoms with Crippen molar-refractivity contribution >= 4 is 5.91 Å². The normalized spacial score (nSPS) is 16.2. The quantitative estimate of drug-likeness (QED) is 0.686. The number of hydrogen-bond acceptors (Lipinski definition) is 4. The standard InChI is InChI=1S/C21H34N2O3/c1-5-25-12-13-26-16-20(24)22-19(21(2,3)4)15-23-11-10-17-8-6-7-9-18(17)14-23/h6-9,19H,5,10-16H2,1-4H3,(H,22,24). The van der Waals surface area contributed by atoms with Crippen LogP contribution in [-0.2, 0) is 27.2 Å². The summed E-state index contributed by atoms with van der Waals surface area (Å²) in [5, 5.41) is 3.17. The maximum absolute atomic E-state index is 12.3. The molecule has 1 amide bonds. The summed E-state index contributed by atoms with van der Waals surface area (Å²) in [7, 11) is 0. The van der Waals surface area contributed by atoms with Gasteiger partial charge in [0.2, 0.25) is 5.91 Å². The van der Waals surface area contributed by atoms with Gasteiger partial charge in [-0.15, -0.1) is 0 Å². The lowest BCUT2D eigenvalue weighted by Crippen LogP contribution is -2.52. The molecule has 1 N–H and O–H groups in total. The van der Waals surface area contributed by atoms with Crippen molar-refractivity contribution in [3.8, 4) is 0 Å². The topological polar surface area (TPSA) is 50.8 Å². The van der Waals surface area contributed by atoms with E-state index in [-0.39, 0.29) is 24.0 Å². The van der Waals surface area contributed by atoms with E-state index in [2.05, 4.69) is 55.3 Å². The number of hydrogen-bond donors (Lipinski definition) is 1. The molecule has 0 bridgehead atoms. The first-order valence-corrected chi connectivity index (χ1v) is 9.64. The molecule has 0 aliphatic carbocycles. The molecule has 1 aliphatic heterocycles. The predicted molar refractivity (Wildman–Crippen MR) is 104 cm³/mol. The second-order valence-corrected chi connectivity index (χ2v) is 7.99.